The zero-order chi connectivity index (χ0) is 27.4. The number of halogens is 1. The monoisotopic (exact) mass is 540 g/mol. The van der Waals surface area contributed by atoms with Crippen LogP contribution in [0.2, 0.25) is 0 Å². The molecule has 1 fully saturated rings. The summed E-state index contributed by atoms with van der Waals surface area (Å²) in [6.45, 7) is 4.72. The minimum Gasteiger partial charge on any atom is -0.376 e. The van der Waals surface area contributed by atoms with Crippen molar-refractivity contribution in [3.63, 3.8) is 0 Å². The van der Waals surface area contributed by atoms with Gasteiger partial charge in [-0.15, -0.1) is 0 Å². The summed E-state index contributed by atoms with van der Waals surface area (Å²) in [7, 11) is -2.24. The predicted octanol–water partition coefficient (Wildman–Crippen LogP) is 3.54. The molecule has 2 aromatic carbocycles. The number of amides is 1. The summed E-state index contributed by atoms with van der Waals surface area (Å²) in [6.07, 6.45) is 2.96. The summed E-state index contributed by atoms with van der Waals surface area (Å²) in [6, 6.07) is 12.6. The fourth-order valence-corrected chi connectivity index (χ4v) is 5.97. The molecule has 2 heterocycles. The normalized spacial score (nSPS) is 15.7. The standard InChI is InChI=1S/C27H33FN6O3S/c1-18-6-8-23(9-7-18)38(36,37)34-12-10-24(27(34)30-3)26(29)32-21-5-4-11-33(17-21)25(35)16-31-22-14-19(2)13-20(28)15-22/h6-10,12-15,21,30-31H,4-5,11,16-17H2,1-3H3,(H2,29,32)/t21-/m0/s1. The van der Waals surface area contributed by atoms with Gasteiger partial charge in [-0.3, -0.25) is 10.2 Å². The lowest BCUT2D eigenvalue weighted by molar-refractivity contribution is -0.130. The highest BCUT2D eigenvalue weighted by Crippen LogP contribution is 2.24. The Morgan fingerprint density at radius 2 is 1.84 bits per heavy atom. The molecule has 0 unspecified atom stereocenters. The van der Waals surface area contributed by atoms with Crippen molar-refractivity contribution in [2.75, 3.05) is 37.3 Å². The summed E-state index contributed by atoms with van der Waals surface area (Å²) in [4.78, 5) is 14.7. The molecule has 1 atom stereocenters. The number of carbonyl (C=O) groups is 1. The van der Waals surface area contributed by atoms with Crippen molar-refractivity contribution in [2.24, 2.45) is 0 Å². The highest BCUT2D eigenvalue weighted by Gasteiger charge is 2.27. The SMILES string of the molecule is CNc1c(C(=N)N[C@H]2CCCN(C(=O)CNc3cc(C)cc(F)c3)C2)ccn1S(=O)(=O)c1ccc(C)cc1. The van der Waals surface area contributed by atoms with Crippen molar-refractivity contribution >= 4 is 33.3 Å². The first-order valence-electron chi connectivity index (χ1n) is 12.4. The van der Waals surface area contributed by atoms with Gasteiger partial charge in [-0.1, -0.05) is 17.7 Å². The molecule has 0 aliphatic carbocycles. The van der Waals surface area contributed by atoms with Crippen molar-refractivity contribution in [1.82, 2.24) is 14.2 Å². The van der Waals surface area contributed by atoms with Gasteiger partial charge >= 0.3 is 0 Å². The van der Waals surface area contributed by atoms with Gasteiger partial charge in [-0.25, -0.2) is 16.8 Å². The van der Waals surface area contributed by atoms with Crippen LogP contribution in [0.5, 0.6) is 0 Å². The zero-order valence-electron chi connectivity index (χ0n) is 21.7. The fourth-order valence-electron chi connectivity index (χ4n) is 4.62. The van der Waals surface area contributed by atoms with E-state index >= 15 is 0 Å². The van der Waals surface area contributed by atoms with Gasteiger partial charge in [0.05, 0.1) is 17.0 Å². The van der Waals surface area contributed by atoms with Crippen molar-refractivity contribution in [2.45, 2.75) is 37.6 Å². The molecule has 0 spiro atoms. The molecule has 4 N–H and O–H groups in total. The molecule has 11 heteroatoms. The maximum atomic E-state index is 13.6. The summed E-state index contributed by atoms with van der Waals surface area (Å²) >= 11 is 0. The second-order valence-corrected chi connectivity index (χ2v) is 11.3. The van der Waals surface area contributed by atoms with E-state index in [9.17, 15) is 17.6 Å². The predicted molar refractivity (Wildman–Crippen MR) is 147 cm³/mol. The zero-order valence-corrected chi connectivity index (χ0v) is 22.5. The molecule has 0 bridgehead atoms. The van der Waals surface area contributed by atoms with Gasteiger partial charge in [0.15, 0.2) is 0 Å². The first kappa shape index (κ1) is 27.2. The van der Waals surface area contributed by atoms with Crippen molar-refractivity contribution < 1.29 is 17.6 Å². The van der Waals surface area contributed by atoms with E-state index in [0.29, 0.717) is 24.3 Å². The van der Waals surface area contributed by atoms with Crippen LogP contribution in [0, 0.1) is 25.1 Å². The maximum absolute atomic E-state index is 13.6. The maximum Gasteiger partial charge on any atom is 0.269 e. The molecule has 202 valence electrons. The summed E-state index contributed by atoms with van der Waals surface area (Å²) < 4.78 is 41.2. The number of piperidine rings is 1. The van der Waals surface area contributed by atoms with Crippen molar-refractivity contribution in [3.8, 4) is 0 Å². The van der Waals surface area contributed by atoms with Gasteiger partial charge in [-0.05, 0) is 68.7 Å². The second kappa shape index (κ2) is 11.3. The number of nitrogens with one attached hydrogen (secondary N) is 4. The molecule has 9 nitrogen and oxygen atoms in total. The number of aromatic nitrogens is 1. The number of likely N-dealkylation sites (tertiary alicyclic amines) is 1. The Bertz CT molecular complexity index is 1420. The first-order chi connectivity index (χ1) is 18.1. The molecular formula is C27H33FN6O3S. The van der Waals surface area contributed by atoms with E-state index < -0.39 is 10.0 Å². The third-order valence-electron chi connectivity index (χ3n) is 6.54. The van der Waals surface area contributed by atoms with Crippen LogP contribution in [0.3, 0.4) is 0 Å². The number of benzene rings is 2. The van der Waals surface area contributed by atoms with Crippen LogP contribution < -0.4 is 16.0 Å². The van der Waals surface area contributed by atoms with Crippen LogP contribution in [0.25, 0.3) is 0 Å². The van der Waals surface area contributed by atoms with Crippen LogP contribution in [0.15, 0.2) is 59.6 Å². The average molecular weight is 541 g/mol. The molecule has 38 heavy (non-hydrogen) atoms. The van der Waals surface area contributed by atoms with E-state index in [1.54, 1.807) is 55.3 Å². The number of carbonyl (C=O) groups excluding carboxylic acids is 1. The summed E-state index contributed by atoms with van der Waals surface area (Å²) in [5.41, 5.74) is 2.68. The third kappa shape index (κ3) is 5.99. The van der Waals surface area contributed by atoms with Crippen LogP contribution in [-0.2, 0) is 14.8 Å². The Kier molecular flexibility index (Phi) is 8.05. The Labute approximate surface area is 222 Å². The quantitative estimate of drug-likeness (QED) is 0.256. The van der Waals surface area contributed by atoms with Gasteiger partial charge in [0.25, 0.3) is 10.0 Å². The first-order valence-corrected chi connectivity index (χ1v) is 13.9. The lowest BCUT2D eigenvalue weighted by atomic mass is 10.0. The van der Waals surface area contributed by atoms with Crippen LogP contribution in [-0.4, -0.2) is 61.8 Å². The molecule has 4 rings (SSSR count). The van der Waals surface area contributed by atoms with Gasteiger partial charge in [0.1, 0.15) is 17.5 Å². The number of hydrogen-bond acceptors (Lipinski definition) is 6. The molecule has 1 saturated heterocycles. The van der Waals surface area contributed by atoms with Crippen LogP contribution in [0.4, 0.5) is 15.9 Å². The minimum atomic E-state index is -3.85. The number of aryl methyl sites for hydroxylation is 2. The Morgan fingerprint density at radius 3 is 2.53 bits per heavy atom. The third-order valence-corrected chi connectivity index (χ3v) is 8.23. The molecule has 1 amide bonds. The van der Waals surface area contributed by atoms with Gasteiger partial charge in [0, 0.05) is 38.1 Å². The van der Waals surface area contributed by atoms with Gasteiger partial charge in [-0.2, -0.15) is 0 Å². The molecular weight excluding hydrogens is 507 g/mol. The molecule has 0 radical (unpaired) electrons. The van der Waals surface area contributed by atoms with E-state index in [0.717, 1.165) is 27.9 Å². The highest BCUT2D eigenvalue weighted by molar-refractivity contribution is 7.90. The van der Waals surface area contributed by atoms with Gasteiger partial charge in [0.2, 0.25) is 5.91 Å². The van der Waals surface area contributed by atoms with E-state index in [1.165, 1.54) is 18.3 Å². The molecule has 1 aliphatic rings. The Hall–Kier alpha value is -3.86. The minimum absolute atomic E-state index is 0.0384. The van der Waals surface area contributed by atoms with E-state index in [-0.39, 0.29) is 40.9 Å². The number of amidine groups is 1. The van der Waals surface area contributed by atoms with Crippen molar-refractivity contribution in [1.29, 1.82) is 5.41 Å². The number of anilines is 2. The van der Waals surface area contributed by atoms with Crippen molar-refractivity contribution in [3.05, 3.63) is 77.2 Å². The molecule has 1 aliphatic heterocycles. The largest absolute Gasteiger partial charge is 0.376 e. The fraction of sp³-hybridized carbons (Fsp3) is 0.333. The summed E-state index contributed by atoms with van der Waals surface area (Å²) in [5.74, 6) is -0.125. The summed E-state index contributed by atoms with van der Waals surface area (Å²) in [5, 5.41) is 17.7. The van der Waals surface area contributed by atoms with Crippen LogP contribution >= 0.6 is 0 Å². The smallest absolute Gasteiger partial charge is 0.269 e. The number of rotatable bonds is 8. The van der Waals surface area contributed by atoms with E-state index in [2.05, 4.69) is 16.0 Å². The van der Waals surface area contributed by atoms with Gasteiger partial charge < -0.3 is 20.9 Å². The number of nitrogens with zero attached hydrogens (tertiary/aromatic N) is 2. The number of hydrogen-bond donors (Lipinski definition) is 4. The highest BCUT2D eigenvalue weighted by atomic mass is 32.2. The van der Waals surface area contributed by atoms with E-state index in [1.807, 2.05) is 6.92 Å². The Balaban J connectivity index is 1.41. The lowest BCUT2D eigenvalue weighted by Crippen LogP contribution is -2.50. The molecule has 1 aromatic heterocycles. The molecule has 3 aromatic rings. The van der Waals surface area contributed by atoms with E-state index in [4.69, 9.17) is 5.41 Å². The average Bonchev–Trinajstić information content (AvgIpc) is 3.32. The second-order valence-electron chi connectivity index (χ2n) is 9.51. The molecule has 0 saturated carbocycles. The topological polar surface area (TPSA) is 119 Å². The lowest BCUT2D eigenvalue weighted by Gasteiger charge is -2.34. The Morgan fingerprint density at radius 1 is 1.11 bits per heavy atom. The van der Waals surface area contributed by atoms with Crippen LogP contribution in [0.1, 0.15) is 29.5 Å².